The number of benzene rings is 2. The zero-order chi connectivity index (χ0) is 23.8. The fraction of sp³-hybridized carbons (Fsp3) is 0.261. The van der Waals surface area contributed by atoms with Gasteiger partial charge in [0.15, 0.2) is 0 Å². The fourth-order valence-corrected chi connectivity index (χ4v) is 3.39. The first-order chi connectivity index (χ1) is 15.8. The van der Waals surface area contributed by atoms with Gasteiger partial charge in [-0.2, -0.15) is 0 Å². The maximum Gasteiger partial charge on any atom is 0.416 e. The molecule has 1 N–H and O–H groups in total. The van der Waals surface area contributed by atoms with Crippen LogP contribution in [-0.2, 0) is 17.8 Å². The number of aromatic nitrogens is 1. The Balaban J connectivity index is 1.62. The SMILES string of the molecule is COc1ccc(OC(=O)N(CC(=O)O)Cc2cccc(OCCc3n[c]([Al])oc3C)c2)cc1. The molecule has 9 nitrogen and oxygen atoms in total. The minimum absolute atomic E-state index is 0.0390. The largest absolute Gasteiger partial charge is 0.497 e. The Morgan fingerprint density at radius 1 is 1.12 bits per heavy atom. The molecule has 10 heteroatoms. The highest BCUT2D eigenvalue weighted by molar-refractivity contribution is 6.28. The molecule has 0 aliphatic rings. The number of hydrogen-bond acceptors (Lipinski definition) is 7. The summed E-state index contributed by atoms with van der Waals surface area (Å²) in [5.74, 6) is 1.09. The van der Waals surface area contributed by atoms with Crippen molar-refractivity contribution < 1.29 is 33.3 Å². The number of carbonyl (C=O) groups is 2. The Morgan fingerprint density at radius 3 is 2.48 bits per heavy atom. The molecule has 0 saturated carbocycles. The smallest absolute Gasteiger partial charge is 0.416 e. The van der Waals surface area contributed by atoms with Crippen LogP contribution in [0.2, 0.25) is 0 Å². The molecule has 0 aliphatic heterocycles. The number of nitrogens with zero attached hydrogens (tertiary/aromatic N) is 2. The first-order valence-corrected chi connectivity index (χ1v) is 10.7. The van der Waals surface area contributed by atoms with Crippen LogP contribution in [0.5, 0.6) is 17.2 Å². The van der Waals surface area contributed by atoms with Crippen LogP contribution in [0.15, 0.2) is 52.9 Å². The lowest BCUT2D eigenvalue weighted by molar-refractivity contribution is -0.138. The summed E-state index contributed by atoms with van der Waals surface area (Å²) >= 11 is 2.42. The van der Waals surface area contributed by atoms with Crippen molar-refractivity contribution in [1.29, 1.82) is 0 Å². The molecule has 1 aromatic heterocycles. The summed E-state index contributed by atoms with van der Waals surface area (Å²) in [6.07, 6.45) is -0.198. The molecule has 0 atom stereocenters. The zero-order valence-electron chi connectivity index (χ0n) is 18.3. The third kappa shape index (κ3) is 7.27. The number of methoxy groups -OCH3 is 1. The van der Waals surface area contributed by atoms with Crippen molar-refractivity contribution in [3.8, 4) is 17.2 Å². The average molecular weight is 466 g/mol. The first-order valence-electron chi connectivity index (χ1n) is 10.1. The van der Waals surface area contributed by atoms with E-state index in [4.69, 9.17) is 18.6 Å². The van der Waals surface area contributed by atoms with Crippen LogP contribution in [-0.4, -0.2) is 63.6 Å². The molecular formula is C23H23AlN2O7. The van der Waals surface area contributed by atoms with E-state index in [1.165, 1.54) is 7.11 Å². The van der Waals surface area contributed by atoms with Crippen LogP contribution in [0.25, 0.3) is 0 Å². The van der Waals surface area contributed by atoms with Gasteiger partial charge in [-0.25, -0.2) is 9.78 Å². The van der Waals surface area contributed by atoms with Crippen LogP contribution in [0.1, 0.15) is 17.0 Å². The lowest BCUT2D eigenvalue weighted by atomic mass is 10.2. The van der Waals surface area contributed by atoms with Gasteiger partial charge in [-0.05, 0) is 48.9 Å². The second-order valence-electron chi connectivity index (χ2n) is 7.09. The third-order valence-corrected chi connectivity index (χ3v) is 4.88. The van der Waals surface area contributed by atoms with Gasteiger partial charge in [-0.1, -0.05) is 12.1 Å². The van der Waals surface area contributed by atoms with Crippen LogP contribution >= 0.6 is 0 Å². The summed E-state index contributed by atoms with van der Waals surface area (Å²) in [5, 5.41) is 9.24. The standard InChI is InChI=1S/C23H23N2O7.Al/c1-16-21(24-15-31-16)10-11-30-20-5-3-4-17(12-20)13-25(14-22(26)27)23(28)32-19-8-6-18(29-2)7-9-19;/h3-9,12H,10-11,13-14H2,1-2H3,(H,26,27);. The Kier molecular flexibility index (Phi) is 8.35. The number of carboxylic acid groups (broad SMARTS) is 1. The van der Waals surface area contributed by atoms with Crippen LogP contribution < -0.4 is 19.0 Å². The third-order valence-electron chi connectivity index (χ3n) is 4.64. The van der Waals surface area contributed by atoms with Crippen molar-refractivity contribution in [2.45, 2.75) is 19.9 Å². The van der Waals surface area contributed by atoms with Gasteiger partial charge in [0.2, 0.25) is 0 Å². The molecule has 0 aliphatic carbocycles. The molecule has 170 valence electrons. The van der Waals surface area contributed by atoms with Gasteiger partial charge in [-0.15, -0.1) is 0 Å². The summed E-state index contributed by atoms with van der Waals surface area (Å²) in [5.41, 5.74) is 1.52. The molecule has 0 spiro atoms. The molecule has 0 unspecified atom stereocenters. The van der Waals surface area contributed by atoms with E-state index in [1.54, 1.807) is 48.5 Å². The van der Waals surface area contributed by atoms with E-state index in [9.17, 15) is 14.7 Å². The lowest BCUT2D eigenvalue weighted by Crippen LogP contribution is -2.37. The van der Waals surface area contributed by atoms with Crippen molar-refractivity contribution >= 4 is 33.1 Å². The van der Waals surface area contributed by atoms with Crippen LogP contribution in [0.3, 0.4) is 0 Å². The second-order valence-corrected chi connectivity index (χ2v) is 7.59. The van der Waals surface area contributed by atoms with Crippen molar-refractivity contribution in [2.24, 2.45) is 0 Å². The number of ether oxygens (including phenoxy) is 3. The summed E-state index contributed by atoms with van der Waals surface area (Å²) in [6.45, 7) is 1.76. The number of aliphatic carboxylic acids is 1. The quantitative estimate of drug-likeness (QED) is 0.454. The number of hydrogen-bond donors (Lipinski definition) is 1. The topological polar surface area (TPSA) is 111 Å². The Labute approximate surface area is 199 Å². The van der Waals surface area contributed by atoms with Gasteiger partial charge in [0, 0.05) is 13.0 Å². The summed E-state index contributed by atoms with van der Waals surface area (Å²) in [4.78, 5) is 29.3. The van der Waals surface area contributed by atoms with E-state index in [1.807, 2.05) is 6.92 Å². The monoisotopic (exact) mass is 466 g/mol. The van der Waals surface area contributed by atoms with Gasteiger partial charge < -0.3 is 23.7 Å². The first kappa shape index (κ1) is 24.2. The molecule has 33 heavy (non-hydrogen) atoms. The second kappa shape index (κ2) is 11.4. The summed E-state index contributed by atoms with van der Waals surface area (Å²) in [6, 6.07) is 13.5. The van der Waals surface area contributed by atoms with Gasteiger partial charge in [0.1, 0.15) is 29.6 Å². The molecule has 0 saturated heterocycles. The number of carboxylic acids is 1. The van der Waals surface area contributed by atoms with E-state index < -0.39 is 18.6 Å². The van der Waals surface area contributed by atoms with E-state index in [0.717, 1.165) is 16.4 Å². The molecule has 1 heterocycles. The lowest BCUT2D eigenvalue weighted by Gasteiger charge is -2.20. The van der Waals surface area contributed by atoms with E-state index in [-0.39, 0.29) is 12.3 Å². The minimum atomic E-state index is -1.15. The van der Waals surface area contributed by atoms with E-state index >= 15 is 0 Å². The van der Waals surface area contributed by atoms with Gasteiger partial charge in [0.25, 0.3) is 16.3 Å². The number of oxazole rings is 1. The number of rotatable bonds is 10. The number of carbonyl (C=O) groups excluding carboxylic acids is 1. The molecular weight excluding hydrogens is 443 g/mol. The highest BCUT2D eigenvalue weighted by atomic mass is 27.0. The van der Waals surface area contributed by atoms with Gasteiger partial charge in [-0.3, -0.25) is 9.69 Å². The van der Waals surface area contributed by atoms with Gasteiger partial charge >= 0.3 is 12.1 Å². The maximum atomic E-state index is 12.6. The molecule has 2 aromatic carbocycles. The molecule has 3 rings (SSSR count). The van der Waals surface area contributed by atoms with Crippen molar-refractivity contribution in [3.63, 3.8) is 0 Å². The van der Waals surface area contributed by atoms with Crippen molar-refractivity contribution in [3.05, 3.63) is 65.5 Å². The van der Waals surface area contributed by atoms with E-state index in [0.29, 0.717) is 34.8 Å². The number of aryl methyl sites for hydroxylation is 1. The van der Waals surface area contributed by atoms with Crippen LogP contribution in [0.4, 0.5) is 4.79 Å². The summed E-state index contributed by atoms with van der Waals surface area (Å²) < 4.78 is 22.1. The summed E-state index contributed by atoms with van der Waals surface area (Å²) in [7, 11) is 1.53. The maximum absolute atomic E-state index is 12.6. The predicted octanol–water partition coefficient (Wildman–Crippen LogP) is 2.49. The molecule has 1 amide bonds. The molecule has 3 aromatic rings. The van der Waals surface area contributed by atoms with Gasteiger partial charge in [0.05, 0.1) is 24.2 Å². The predicted molar refractivity (Wildman–Crippen MR) is 119 cm³/mol. The molecule has 2 radical (unpaired) electrons. The Hall–Kier alpha value is -3.48. The molecule has 0 bridgehead atoms. The minimum Gasteiger partial charge on any atom is -0.497 e. The highest BCUT2D eigenvalue weighted by Gasteiger charge is 2.20. The van der Waals surface area contributed by atoms with Crippen molar-refractivity contribution in [1.82, 2.24) is 9.88 Å². The van der Waals surface area contributed by atoms with Crippen LogP contribution in [0, 0.1) is 6.92 Å². The normalized spacial score (nSPS) is 10.5. The van der Waals surface area contributed by atoms with Crippen molar-refractivity contribution in [2.75, 3.05) is 20.3 Å². The number of amides is 1. The highest BCUT2D eigenvalue weighted by Crippen LogP contribution is 2.20. The Morgan fingerprint density at radius 2 is 1.85 bits per heavy atom. The Bertz CT molecular complexity index is 1100. The van der Waals surface area contributed by atoms with E-state index in [2.05, 4.69) is 21.3 Å². The fourth-order valence-electron chi connectivity index (χ4n) is 3.06. The zero-order valence-corrected chi connectivity index (χ0v) is 19.5. The average Bonchev–Trinajstić information content (AvgIpc) is 3.10. The molecule has 0 fully saturated rings.